The Labute approximate surface area is 86.9 Å². The van der Waals surface area contributed by atoms with Crippen LogP contribution in [0.5, 0.6) is 0 Å². The molecule has 1 N–H and O–H groups in total. The summed E-state index contributed by atoms with van der Waals surface area (Å²) in [4.78, 5) is 2.59. The van der Waals surface area contributed by atoms with Gasteiger partial charge in [0.1, 0.15) is 0 Å². The van der Waals surface area contributed by atoms with Crippen molar-refractivity contribution in [1.82, 2.24) is 10.2 Å². The van der Waals surface area contributed by atoms with Crippen molar-refractivity contribution in [3.05, 3.63) is 0 Å². The number of fused-ring (bicyclic) bond motifs is 2. The van der Waals surface area contributed by atoms with Crippen LogP contribution in [0.25, 0.3) is 0 Å². The summed E-state index contributed by atoms with van der Waals surface area (Å²) in [6, 6.07) is 0.816. The van der Waals surface area contributed by atoms with Crippen LogP contribution >= 0.6 is 24.8 Å². The molecule has 2 saturated heterocycles. The molecule has 2 heterocycles. The Bertz CT molecular complexity index is 110. The van der Waals surface area contributed by atoms with Crippen molar-refractivity contribution >= 4 is 24.8 Å². The number of piperazine rings is 1. The molecule has 0 aromatic heterocycles. The van der Waals surface area contributed by atoms with E-state index in [4.69, 9.17) is 0 Å². The quantitative estimate of drug-likeness (QED) is 0.652. The monoisotopic (exact) mass is 212 g/mol. The lowest BCUT2D eigenvalue weighted by atomic mass is 10.1. The Morgan fingerprint density at radius 3 is 2.75 bits per heavy atom. The van der Waals surface area contributed by atoms with Gasteiger partial charge in [-0.25, -0.2) is 0 Å². The maximum Gasteiger partial charge on any atom is 0.0195 e. The van der Waals surface area contributed by atoms with E-state index in [2.05, 4.69) is 10.2 Å². The molecule has 0 aliphatic carbocycles. The number of rotatable bonds is 0. The minimum Gasteiger partial charge on any atom is -0.311 e. The zero-order valence-electron chi connectivity index (χ0n) is 7.29. The zero-order valence-corrected chi connectivity index (χ0v) is 8.92. The van der Waals surface area contributed by atoms with E-state index in [9.17, 15) is 0 Å². The topological polar surface area (TPSA) is 15.3 Å². The first-order chi connectivity index (χ1) is 4.95. The molecular weight excluding hydrogens is 195 g/mol. The van der Waals surface area contributed by atoms with Crippen molar-refractivity contribution in [2.75, 3.05) is 26.2 Å². The van der Waals surface area contributed by atoms with E-state index in [1.54, 1.807) is 0 Å². The predicted molar refractivity (Wildman–Crippen MR) is 56.6 cm³/mol. The summed E-state index contributed by atoms with van der Waals surface area (Å²) < 4.78 is 0. The van der Waals surface area contributed by atoms with Crippen LogP contribution in [-0.4, -0.2) is 37.1 Å². The van der Waals surface area contributed by atoms with E-state index in [0.29, 0.717) is 0 Å². The Hall–Kier alpha value is 0.500. The molecule has 2 nitrogen and oxygen atoms in total. The third kappa shape index (κ3) is 3.09. The fourth-order valence-corrected chi connectivity index (χ4v) is 2.02. The van der Waals surface area contributed by atoms with E-state index in [-0.39, 0.29) is 24.8 Å². The number of hydrogen-bond acceptors (Lipinski definition) is 2. The molecule has 2 aliphatic rings. The van der Waals surface area contributed by atoms with Crippen molar-refractivity contribution in [3.63, 3.8) is 0 Å². The molecule has 0 aromatic carbocycles. The molecule has 0 spiro atoms. The third-order valence-corrected chi connectivity index (χ3v) is 2.62. The summed E-state index contributed by atoms with van der Waals surface area (Å²) in [5, 5.41) is 3.55. The molecule has 4 heteroatoms. The minimum absolute atomic E-state index is 0. The van der Waals surface area contributed by atoms with Crippen molar-refractivity contribution in [1.29, 1.82) is 0 Å². The highest BCUT2D eigenvalue weighted by Crippen LogP contribution is 2.12. The first-order valence-electron chi connectivity index (χ1n) is 4.41. The van der Waals surface area contributed by atoms with Crippen LogP contribution in [0, 0.1) is 0 Å². The average molecular weight is 213 g/mol. The average Bonchev–Trinajstić information content (AvgIpc) is 2.12. The van der Waals surface area contributed by atoms with Crippen LogP contribution in [0.4, 0.5) is 0 Å². The summed E-state index contributed by atoms with van der Waals surface area (Å²) in [5.74, 6) is 0. The van der Waals surface area contributed by atoms with Gasteiger partial charge in [-0.15, -0.1) is 24.8 Å². The second-order valence-electron chi connectivity index (χ2n) is 3.45. The van der Waals surface area contributed by atoms with E-state index in [1.807, 2.05) is 0 Å². The predicted octanol–water partition coefficient (Wildman–Crippen LogP) is 1.29. The van der Waals surface area contributed by atoms with Gasteiger partial charge in [-0.05, 0) is 19.4 Å². The summed E-state index contributed by atoms with van der Waals surface area (Å²) in [6.07, 6.45) is 4.24. The summed E-state index contributed by atoms with van der Waals surface area (Å²) in [7, 11) is 0. The van der Waals surface area contributed by atoms with Gasteiger partial charge in [0.15, 0.2) is 0 Å². The molecule has 2 aliphatic heterocycles. The molecule has 12 heavy (non-hydrogen) atoms. The number of nitrogens with one attached hydrogen (secondary N) is 1. The summed E-state index contributed by atoms with van der Waals surface area (Å²) in [6.45, 7) is 5.14. The second kappa shape index (κ2) is 6.03. The molecule has 0 radical (unpaired) electrons. The lowest BCUT2D eigenvalue weighted by Crippen LogP contribution is -2.49. The van der Waals surface area contributed by atoms with Crippen LogP contribution < -0.4 is 5.32 Å². The van der Waals surface area contributed by atoms with Crippen molar-refractivity contribution in [3.8, 4) is 0 Å². The maximum atomic E-state index is 3.55. The first-order valence-corrected chi connectivity index (χ1v) is 4.41. The third-order valence-electron chi connectivity index (χ3n) is 2.62. The van der Waals surface area contributed by atoms with Gasteiger partial charge in [-0.3, -0.25) is 0 Å². The lowest BCUT2D eigenvalue weighted by Gasteiger charge is -2.30. The fraction of sp³-hybridized carbons (Fsp3) is 1.00. The standard InChI is InChI=1S/C8H16N2.2ClH/c1-2-5-10-6-4-9-8(3-1)7-10;;/h8-9H,1-7H2;2*1H. The smallest absolute Gasteiger partial charge is 0.0195 e. The zero-order chi connectivity index (χ0) is 6.81. The van der Waals surface area contributed by atoms with Crippen LogP contribution in [-0.2, 0) is 0 Å². The molecule has 2 unspecified atom stereocenters. The first kappa shape index (κ1) is 12.5. The highest BCUT2D eigenvalue weighted by Gasteiger charge is 2.20. The van der Waals surface area contributed by atoms with Crippen LogP contribution in [0.3, 0.4) is 0 Å². The van der Waals surface area contributed by atoms with E-state index in [1.165, 1.54) is 45.4 Å². The molecule has 2 bridgehead atoms. The van der Waals surface area contributed by atoms with E-state index < -0.39 is 0 Å². The molecule has 2 atom stereocenters. The summed E-state index contributed by atoms with van der Waals surface area (Å²) >= 11 is 0. The number of hydrogen-bond donors (Lipinski definition) is 1. The maximum absolute atomic E-state index is 3.55. The molecule has 0 saturated carbocycles. The van der Waals surface area contributed by atoms with Gasteiger partial charge in [-0.1, -0.05) is 6.42 Å². The number of halogens is 2. The Morgan fingerprint density at radius 1 is 1.08 bits per heavy atom. The van der Waals surface area contributed by atoms with E-state index in [0.717, 1.165) is 6.04 Å². The molecule has 2 rings (SSSR count). The highest BCUT2D eigenvalue weighted by molar-refractivity contribution is 5.85. The second-order valence-corrected chi connectivity index (χ2v) is 3.45. The minimum atomic E-state index is 0. The van der Waals surface area contributed by atoms with Gasteiger partial charge in [0, 0.05) is 25.7 Å². The molecule has 0 amide bonds. The van der Waals surface area contributed by atoms with Gasteiger partial charge in [0.05, 0.1) is 0 Å². The van der Waals surface area contributed by atoms with Crippen LogP contribution in [0.2, 0.25) is 0 Å². The normalized spacial score (nSPS) is 34.0. The molecule has 2 fully saturated rings. The van der Waals surface area contributed by atoms with Gasteiger partial charge in [0.25, 0.3) is 0 Å². The van der Waals surface area contributed by atoms with Gasteiger partial charge < -0.3 is 10.2 Å². The van der Waals surface area contributed by atoms with Gasteiger partial charge in [0.2, 0.25) is 0 Å². The Morgan fingerprint density at radius 2 is 1.92 bits per heavy atom. The highest BCUT2D eigenvalue weighted by atomic mass is 35.5. The molecule has 0 aromatic rings. The molecular formula is C8H18Cl2N2. The molecule has 74 valence electrons. The summed E-state index contributed by atoms with van der Waals surface area (Å²) in [5.41, 5.74) is 0. The Balaban J connectivity index is 0.000000605. The van der Waals surface area contributed by atoms with Crippen LogP contribution in [0.1, 0.15) is 19.3 Å². The van der Waals surface area contributed by atoms with Gasteiger partial charge >= 0.3 is 0 Å². The Kier molecular flexibility index (Phi) is 6.28. The van der Waals surface area contributed by atoms with Crippen molar-refractivity contribution in [2.24, 2.45) is 0 Å². The van der Waals surface area contributed by atoms with E-state index >= 15 is 0 Å². The number of nitrogens with zero attached hydrogens (tertiary/aromatic N) is 1. The van der Waals surface area contributed by atoms with Crippen LogP contribution in [0.15, 0.2) is 0 Å². The largest absolute Gasteiger partial charge is 0.311 e. The fourth-order valence-electron chi connectivity index (χ4n) is 2.02. The van der Waals surface area contributed by atoms with Crippen molar-refractivity contribution in [2.45, 2.75) is 25.3 Å². The van der Waals surface area contributed by atoms with Crippen molar-refractivity contribution < 1.29 is 0 Å². The SMILES string of the molecule is C1CCN2CCNC(C1)C2.Cl.Cl. The lowest BCUT2D eigenvalue weighted by molar-refractivity contribution is 0.217. The van der Waals surface area contributed by atoms with Gasteiger partial charge in [-0.2, -0.15) is 0 Å².